The first-order chi connectivity index (χ1) is 11.7. The van der Waals surface area contributed by atoms with Crippen LogP contribution in [0.15, 0.2) is 6.20 Å². The van der Waals surface area contributed by atoms with Crippen LogP contribution >= 0.6 is 11.6 Å². The zero-order valence-electron chi connectivity index (χ0n) is 15.0. The monoisotopic (exact) mass is 365 g/mol. The van der Waals surface area contributed by atoms with Gasteiger partial charge in [0.05, 0.1) is 5.39 Å². The molecule has 1 amide bonds. The van der Waals surface area contributed by atoms with Gasteiger partial charge in [-0.05, 0) is 57.7 Å². The molecule has 7 nitrogen and oxygen atoms in total. The van der Waals surface area contributed by atoms with Crippen molar-refractivity contribution in [3.8, 4) is 0 Å². The van der Waals surface area contributed by atoms with Crippen molar-refractivity contribution in [1.29, 1.82) is 0 Å². The van der Waals surface area contributed by atoms with Gasteiger partial charge in [-0.25, -0.2) is 9.78 Å². The van der Waals surface area contributed by atoms with Crippen molar-refractivity contribution < 1.29 is 9.53 Å². The Labute approximate surface area is 152 Å². The summed E-state index contributed by atoms with van der Waals surface area (Å²) in [5.41, 5.74) is 1.26. The lowest BCUT2D eigenvalue weighted by Gasteiger charge is -2.34. The molecule has 3 rings (SSSR count). The summed E-state index contributed by atoms with van der Waals surface area (Å²) < 4.78 is 5.48. The Balaban J connectivity index is 1.75. The molecular formula is C17H24ClN5O2. The number of hydrogen-bond acceptors (Lipinski definition) is 5. The van der Waals surface area contributed by atoms with E-state index in [1.165, 1.54) is 0 Å². The van der Waals surface area contributed by atoms with Crippen molar-refractivity contribution in [1.82, 2.24) is 19.9 Å². The van der Waals surface area contributed by atoms with Crippen LogP contribution in [0.25, 0.3) is 11.0 Å². The highest BCUT2D eigenvalue weighted by molar-refractivity contribution is 6.28. The fourth-order valence-electron chi connectivity index (χ4n) is 3.05. The average Bonchev–Trinajstić information content (AvgIpc) is 2.87. The molecule has 136 valence electrons. The number of carbonyl (C=O) groups excluding carboxylic acids is 1. The van der Waals surface area contributed by atoms with Crippen LogP contribution in [0.2, 0.25) is 5.28 Å². The minimum atomic E-state index is -0.494. The Morgan fingerprint density at radius 1 is 1.44 bits per heavy atom. The number of piperidine rings is 1. The molecule has 0 spiro atoms. The third-order valence-electron chi connectivity index (χ3n) is 4.12. The maximum Gasteiger partial charge on any atom is 0.410 e. The SMILES string of the molecule is Cc1c[nH]c2nc(Cl)nc(N[C@@H]3CCCN(C(=O)OC(C)(C)C)C3)c12. The molecule has 0 radical (unpaired) electrons. The predicted octanol–water partition coefficient (Wildman–Crippen LogP) is 3.73. The van der Waals surface area contributed by atoms with E-state index in [1.807, 2.05) is 33.9 Å². The maximum atomic E-state index is 12.3. The van der Waals surface area contributed by atoms with E-state index in [9.17, 15) is 4.79 Å². The fraction of sp³-hybridized carbons (Fsp3) is 0.588. The van der Waals surface area contributed by atoms with Crippen LogP contribution in [0, 0.1) is 6.92 Å². The van der Waals surface area contributed by atoms with Gasteiger partial charge in [-0.2, -0.15) is 4.98 Å². The molecule has 25 heavy (non-hydrogen) atoms. The summed E-state index contributed by atoms with van der Waals surface area (Å²) in [5, 5.41) is 4.56. The van der Waals surface area contributed by atoms with Crippen molar-refractivity contribution in [2.45, 2.75) is 52.2 Å². The molecular weight excluding hydrogens is 342 g/mol. The second kappa shape index (κ2) is 6.71. The summed E-state index contributed by atoms with van der Waals surface area (Å²) in [6.45, 7) is 8.89. The van der Waals surface area contributed by atoms with Crippen molar-refractivity contribution >= 4 is 34.5 Å². The molecule has 1 fully saturated rings. The van der Waals surface area contributed by atoms with Gasteiger partial charge in [0.2, 0.25) is 5.28 Å². The molecule has 1 atom stereocenters. The number of nitrogens with zero attached hydrogens (tertiary/aromatic N) is 3. The van der Waals surface area contributed by atoms with Crippen LogP contribution in [0.5, 0.6) is 0 Å². The van der Waals surface area contributed by atoms with Crippen LogP contribution in [0.4, 0.5) is 10.6 Å². The number of anilines is 1. The van der Waals surface area contributed by atoms with E-state index >= 15 is 0 Å². The van der Waals surface area contributed by atoms with E-state index in [-0.39, 0.29) is 17.4 Å². The number of aromatic amines is 1. The number of rotatable bonds is 2. The van der Waals surface area contributed by atoms with Gasteiger partial charge < -0.3 is 19.9 Å². The highest BCUT2D eigenvalue weighted by Gasteiger charge is 2.28. The quantitative estimate of drug-likeness (QED) is 0.792. The molecule has 0 aliphatic carbocycles. The second-order valence-electron chi connectivity index (χ2n) is 7.45. The van der Waals surface area contributed by atoms with Crippen LogP contribution < -0.4 is 5.32 Å². The highest BCUT2D eigenvalue weighted by atomic mass is 35.5. The number of ether oxygens (including phenoxy) is 1. The van der Waals surface area contributed by atoms with E-state index in [1.54, 1.807) is 4.90 Å². The molecule has 0 aromatic carbocycles. The smallest absolute Gasteiger partial charge is 0.410 e. The summed E-state index contributed by atoms with van der Waals surface area (Å²) in [7, 11) is 0. The number of likely N-dealkylation sites (tertiary alicyclic amines) is 1. The van der Waals surface area contributed by atoms with E-state index < -0.39 is 5.60 Å². The lowest BCUT2D eigenvalue weighted by molar-refractivity contribution is 0.0206. The minimum absolute atomic E-state index is 0.0877. The Morgan fingerprint density at radius 2 is 2.20 bits per heavy atom. The molecule has 3 heterocycles. The number of amides is 1. The van der Waals surface area contributed by atoms with Crippen LogP contribution in [-0.4, -0.2) is 50.7 Å². The predicted molar refractivity (Wildman–Crippen MR) is 98.1 cm³/mol. The van der Waals surface area contributed by atoms with Gasteiger partial charge in [0.1, 0.15) is 17.1 Å². The molecule has 1 aliphatic heterocycles. The number of nitrogens with one attached hydrogen (secondary N) is 2. The number of fused-ring (bicyclic) bond motifs is 1. The Bertz CT molecular complexity index is 783. The van der Waals surface area contributed by atoms with E-state index in [2.05, 4.69) is 20.3 Å². The van der Waals surface area contributed by atoms with Crippen molar-refractivity contribution in [2.75, 3.05) is 18.4 Å². The third-order valence-corrected chi connectivity index (χ3v) is 4.28. The van der Waals surface area contributed by atoms with Gasteiger partial charge in [-0.15, -0.1) is 0 Å². The molecule has 8 heteroatoms. The number of carbonyl (C=O) groups is 1. The second-order valence-corrected chi connectivity index (χ2v) is 7.78. The van der Waals surface area contributed by atoms with Gasteiger partial charge in [-0.1, -0.05) is 0 Å². The normalized spacial score (nSPS) is 18.4. The Morgan fingerprint density at radius 3 is 2.92 bits per heavy atom. The number of aromatic nitrogens is 3. The zero-order chi connectivity index (χ0) is 18.2. The van der Waals surface area contributed by atoms with E-state index in [0.717, 1.165) is 23.8 Å². The van der Waals surface area contributed by atoms with Crippen molar-refractivity contribution in [2.24, 2.45) is 0 Å². The Hall–Kier alpha value is -2.02. The Kier molecular flexibility index (Phi) is 4.77. The first-order valence-electron chi connectivity index (χ1n) is 8.48. The van der Waals surface area contributed by atoms with Crippen LogP contribution in [-0.2, 0) is 4.74 Å². The van der Waals surface area contributed by atoms with Crippen molar-refractivity contribution in [3.63, 3.8) is 0 Å². The molecule has 2 aromatic heterocycles. The topological polar surface area (TPSA) is 83.1 Å². The molecule has 0 unspecified atom stereocenters. The number of H-pyrrole nitrogens is 1. The number of halogens is 1. The highest BCUT2D eigenvalue weighted by Crippen LogP contribution is 2.27. The number of aryl methyl sites for hydroxylation is 1. The molecule has 1 aliphatic rings. The summed E-state index contributed by atoms with van der Waals surface area (Å²) in [6, 6.07) is 0.0877. The minimum Gasteiger partial charge on any atom is -0.444 e. The average molecular weight is 366 g/mol. The standard InChI is InChI=1S/C17H24ClN5O2/c1-10-8-19-13-12(10)14(22-15(18)21-13)20-11-6-5-7-23(9-11)16(24)25-17(2,3)4/h8,11H,5-7,9H2,1-4H3,(H2,19,20,21,22)/t11-/m1/s1. The van der Waals surface area contributed by atoms with Crippen molar-refractivity contribution in [3.05, 3.63) is 17.0 Å². The van der Waals surface area contributed by atoms with Gasteiger partial charge in [0, 0.05) is 25.3 Å². The maximum absolute atomic E-state index is 12.3. The summed E-state index contributed by atoms with van der Waals surface area (Å²) in [6.07, 6.45) is 3.47. The lowest BCUT2D eigenvalue weighted by atomic mass is 10.1. The van der Waals surface area contributed by atoms with Crippen LogP contribution in [0.3, 0.4) is 0 Å². The van der Waals surface area contributed by atoms with E-state index in [0.29, 0.717) is 24.6 Å². The third kappa shape index (κ3) is 4.15. The fourth-order valence-corrected chi connectivity index (χ4v) is 3.21. The first kappa shape index (κ1) is 17.8. The zero-order valence-corrected chi connectivity index (χ0v) is 15.8. The molecule has 0 bridgehead atoms. The largest absolute Gasteiger partial charge is 0.444 e. The molecule has 0 saturated carbocycles. The van der Waals surface area contributed by atoms with Gasteiger partial charge in [0.25, 0.3) is 0 Å². The lowest BCUT2D eigenvalue weighted by Crippen LogP contribution is -2.47. The van der Waals surface area contributed by atoms with Gasteiger partial charge in [0.15, 0.2) is 0 Å². The molecule has 2 aromatic rings. The first-order valence-corrected chi connectivity index (χ1v) is 8.86. The van der Waals surface area contributed by atoms with Crippen LogP contribution in [0.1, 0.15) is 39.2 Å². The summed E-state index contributed by atoms with van der Waals surface area (Å²) in [4.78, 5) is 25.7. The summed E-state index contributed by atoms with van der Waals surface area (Å²) >= 11 is 6.04. The van der Waals surface area contributed by atoms with E-state index in [4.69, 9.17) is 16.3 Å². The van der Waals surface area contributed by atoms with Gasteiger partial charge >= 0.3 is 6.09 Å². The molecule has 1 saturated heterocycles. The van der Waals surface area contributed by atoms with Gasteiger partial charge in [-0.3, -0.25) is 0 Å². The number of hydrogen-bond donors (Lipinski definition) is 2. The summed E-state index contributed by atoms with van der Waals surface area (Å²) in [5.74, 6) is 0.699. The molecule has 2 N–H and O–H groups in total.